The van der Waals surface area contributed by atoms with Gasteiger partial charge in [0.1, 0.15) is 5.41 Å². The molecule has 8 heteroatoms. The van der Waals surface area contributed by atoms with E-state index in [4.69, 9.17) is 0 Å². The Morgan fingerprint density at radius 2 is 1.95 bits per heavy atom. The lowest BCUT2D eigenvalue weighted by atomic mass is 9.76. The first-order chi connectivity index (χ1) is 10.1. The molecule has 1 fully saturated rings. The van der Waals surface area contributed by atoms with Crippen molar-refractivity contribution in [2.75, 3.05) is 24.2 Å². The number of benzene rings is 1. The number of nitrogens with one attached hydrogen (secondary N) is 1. The molecular formula is C14H16F2N2O3S. The van der Waals surface area contributed by atoms with E-state index in [1.165, 1.54) is 0 Å². The molecule has 0 bridgehead atoms. The summed E-state index contributed by atoms with van der Waals surface area (Å²) in [5.74, 6) is -3.87. The Morgan fingerprint density at radius 3 is 2.59 bits per heavy atom. The van der Waals surface area contributed by atoms with E-state index in [-0.39, 0.29) is 19.0 Å². The highest BCUT2D eigenvalue weighted by Gasteiger charge is 2.58. The molecule has 5 nitrogen and oxygen atoms in total. The van der Waals surface area contributed by atoms with Crippen LogP contribution < -0.4 is 5.32 Å². The topological polar surface area (TPSA) is 66.5 Å². The van der Waals surface area contributed by atoms with Gasteiger partial charge in [0, 0.05) is 25.2 Å². The minimum atomic E-state index is -3.77. The van der Waals surface area contributed by atoms with Crippen molar-refractivity contribution in [1.82, 2.24) is 4.31 Å². The van der Waals surface area contributed by atoms with E-state index in [9.17, 15) is 22.0 Å². The molecule has 1 saturated heterocycles. The van der Waals surface area contributed by atoms with Crippen LogP contribution in [0.15, 0.2) is 24.3 Å². The molecule has 3 rings (SSSR count). The van der Waals surface area contributed by atoms with Gasteiger partial charge in [-0.3, -0.25) is 4.79 Å². The van der Waals surface area contributed by atoms with Gasteiger partial charge in [0.25, 0.3) is 0 Å². The summed E-state index contributed by atoms with van der Waals surface area (Å²) in [7, 11) is -3.77. The fourth-order valence-electron chi connectivity index (χ4n) is 2.88. The van der Waals surface area contributed by atoms with E-state index in [1.54, 1.807) is 24.3 Å². The number of sulfonamides is 1. The smallest absolute Gasteiger partial charge is 0.246 e. The van der Waals surface area contributed by atoms with Crippen LogP contribution in [0.3, 0.4) is 0 Å². The van der Waals surface area contributed by atoms with Gasteiger partial charge in [0.15, 0.2) is 0 Å². The van der Waals surface area contributed by atoms with Crippen molar-refractivity contribution in [3.63, 3.8) is 0 Å². The fourth-order valence-corrected chi connectivity index (χ4v) is 4.59. The summed E-state index contributed by atoms with van der Waals surface area (Å²) < 4.78 is 51.0. The van der Waals surface area contributed by atoms with E-state index >= 15 is 0 Å². The second-order valence-electron chi connectivity index (χ2n) is 5.99. The Morgan fingerprint density at radius 1 is 1.32 bits per heavy atom. The molecule has 2 aliphatic rings. The Balaban J connectivity index is 1.75. The summed E-state index contributed by atoms with van der Waals surface area (Å²) >= 11 is 0. The first-order valence-electron chi connectivity index (χ1n) is 6.91. The van der Waals surface area contributed by atoms with Crippen LogP contribution in [-0.4, -0.2) is 43.4 Å². The number of para-hydroxylation sites is 1. The highest BCUT2D eigenvalue weighted by Crippen LogP contribution is 2.45. The van der Waals surface area contributed by atoms with Crippen LogP contribution in [0.5, 0.6) is 0 Å². The average molecular weight is 330 g/mol. The largest absolute Gasteiger partial charge is 0.325 e. The van der Waals surface area contributed by atoms with Gasteiger partial charge in [0.05, 0.1) is 5.75 Å². The van der Waals surface area contributed by atoms with Gasteiger partial charge >= 0.3 is 0 Å². The number of anilines is 1. The summed E-state index contributed by atoms with van der Waals surface area (Å²) in [5, 5.41) is 2.74. The zero-order chi connectivity index (χ0) is 16.2. The average Bonchev–Trinajstić information content (AvgIpc) is 2.66. The van der Waals surface area contributed by atoms with E-state index in [0.29, 0.717) is 12.6 Å². The number of alkyl halides is 2. The Hall–Kier alpha value is -1.54. The van der Waals surface area contributed by atoms with Crippen molar-refractivity contribution >= 4 is 21.6 Å². The quantitative estimate of drug-likeness (QED) is 0.911. The van der Waals surface area contributed by atoms with E-state index in [0.717, 1.165) is 9.87 Å². The van der Waals surface area contributed by atoms with Crippen LogP contribution in [0, 0.1) is 0 Å². The standard InChI is InChI=1S/C14H16F2N2O3S/c1-13(15,16)6-7-22(20,21)18-8-14(9-18)10-4-2-3-5-11(10)17-12(14)19/h2-5H,6-9H2,1H3,(H,17,19). The third-order valence-electron chi connectivity index (χ3n) is 4.21. The van der Waals surface area contributed by atoms with Crippen molar-refractivity contribution in [2.24, 2.45) is 0 Å². The van der Waals surface area contributed by atoms with Crippen LogP contribution in [0.25, 0.3) is 0 Å². The maximum Gasteiger partial charge on any atom is 0.246 e. The van der Waals surface area contributed by atoms with Gasteiger partial charge in [-0.2, -0.15) is 4.31 Å². The van der Waals surface area contributed by atoms with Gasteiger partial charge in [-0.15, -0.1) is 0 Å². The number of rotatable bonds is 4. The molecule has 22 heavy (non-hydrogen) atoms. The molecule has 2 heterocycles. The van der Waals surface area contributed by atoms with Crippen molar-refractivity contribution < 1.29 is 22.0 Å². The maximum atomic E-state index is 12.8. The molecule has 0 atom stereocenters. The molecule has 0 unspecified atom stereocenters. The van der Waals surface area contributed by atoms with Gasteiger partial charge in [-0.1, -0.05) is 18.2 Å². The molecule has 1 aromatic rings. The molecule has 1 spiro atoms. The summed E-state index contributed by atoms with van der Waals surface area (Å²) in [6.45, 7) is 0.710. The van der Waals surface area contributed by atoms with Crippen molar-refractivity contribution in [1.29, 1.82) is 0 Å². The van der Waals surface area contributed by atoms with Crippen LogP contribution >= 0.6 is 0 Å². The molecular weight excluding hydrogens is 314 g/mol. The lowest BCUT2D eigenvalue weighted by Crippen LogP contribution is -2.64. The van der Waals surface area contributed by atoms with E-state index in [2.05, 4.69) is 5.32 Å². The van der Waals surface area contributed by atoms with Crippen LogP contribution in [0.4, 0.5) is 14.5 Å². The predicted octanol–water partition coefficient (Wildman–Crippen LogP) is 1.57. The van der Waals surface area contributed by atoms with Crippen molar-refractivity contribution in [2.45, 2.75) is 24.7 Å². The molecule has 1 N–H and O–H groups in total. The first-order valence-corrected chi connectivity index (χ1v) is 8.52. The number of nitrogens with zero attached hydrogens (tertiary/aromatic N) is 1. The highest BCUT2D eigenvalue weighted by atomic mass is 32.2. The zero-order valence-corrected chi connectivity index (χ0v) is 12.8. The van der Waals surface area contributed by atoms with Crippen LogP contribution in [0.2, 0.25) is 0 Å². The third-order valence-corrected chi connectivity index (χ3v) is 5.98. The number of halogens is 2. The van der Waals surface area contributed by atoms with E-state index < -0.39 is 33.5 Å². The fraction of sp³-hybridized carbons (Fsp3) is 0.500. The summed E-state index contributed by atoms with van der Waals surface area (Å²) in [5.41, 5.74) is 0.579. The van der Waals surface area contributed by atoms with Gasteiger partial charge in [0.2, 0.25) is 21.9 Å². The Bertz CT molecular complexity index is 722. The summed E-state index contributed by atoms with van der Waals surface area (Å²) in [6.07, 6.45) is -0.721. The normalized spacial score (nSPS) is 20.6. The van der Waals surface area contributed by atoms with Gasteiger partial charge in [-0.25, -0.2) is 17.2 Å². The monoisotopic (exact) mass is 330 g/mol. The van der Waals surface area contributed by atoms with Crippen LogP contribution in [-0.2, 0) is 20.2 Å². The molecule has 120 valence electrons. The molecule has 2 aliphatic heterocycles. The van der Waals surface area contributed by atoms with Crippen LogP contribution in [0.1, 0.15) is 18.9 Å². The minimum absolute atomic E-state index is 0.00741. The lowest BCUT2D eigenvalue weighted by molar-refractivity contribution is -0.124. The highest BCUT2D eigenvalue weighted by molar-refractivity contribution is 7.89. The third kappa shape index (κ3) is 2.40. The summed E-state index contributed by atoms with van der Waals surface area (Å²) in [6, 6.07) is 7.12. The Labute approximate surface area is 127 Å². The summed E-state index contributed by atoms with van der Waals surface area (Å²) in [4.78, 5) is 12.2. The molecule has 1 aromatic carbocycles. The first kappa shape index (κ1) is 15.4. The predicted molar refractivity (Wildman–Crippen MR) is 77.3 cm³/mol. The molecule has 1 amide bonds. The number of fused-ring (bicyclic) bond motifs is 2. The molecule has 0 aromatic heterocycles. The second-order valence-corrected chi connectivity index (χ2v) is 8.07. The van der Waals surface area contributed by atoms with Gasteiger partial charge < -0.3 is 5.32 Å². The van der Waals surface area contributed by atoms with Crippen molar-refractivity contribution in [3.05, 3.63) is 29.8 Å². The number of amides is 1. The van der Waals surface area contributed by atoms with Crippen molar-refractivity contribution in [3.8, 4) is 0 Å². The number of hydrogen-bond donors (Lipinski definition) is 1. The SMILES string of the molecule is CC(F)(F)CCS(=O)(=O)N1CC2(C1)C(=O)Nc1ccccc12. The van der Waals surface area contributed by atoms with E-state index in [1.807, 2.05) is 0 Å². The zero-order valence-electron chi connectivity index (χ0n) is 12.0. The minimum Gasteiger partial charge on any atom is -0.325 e. The number of carbonyl (C=O) groups is 1. The molecule has 0 radical (unpaired) electrons. The lowest BCUT2D eigenvalue weighted by Gasteiger charge is -2.45. The molecule has 0 saturated carbocycles. The number of hydrogen-bond acceptors (Lipinski definition) is 3. The second kappa shape index (κ2) is 4.73. The Kier molecular flexibility index (Phi) is 3.30. The maximum absolute atomic E-state index is 12.8. The number of carbonyl (C=O) groups excluding carboxylic acids is 1. The van der Waals surface area contributed by atoms with Gasteiger partial charge in [-0.05, 0) is 18.6 Å². The molecule has 0 aliphatic carbocycles.